The number of ketones is 1. The van der Waals surface area contributed by atoms with Gasteiger partial charge in [-0.3, -0.25) is 9.59 Å². The normalized spacial score (nSPS) is 19.2. The number of hydrogen-bond acceptors (Lipinski definition) is 4. The smallest absolute Gasteiger partial charge is 0.226 e. The van der Waals surface area contributed by atoms with Crippen LogP contribution in [0.15, 0.2) is 60.7 Å². The third kappa shape index (κ3) is 10.1. The molecule has 2 fully saturated rings. The summed E-state index contributed by atoms with van der Waals surface area (Å²) in [4.78, 5) is 32.1. The Morgan fingerprint density at radius 1 is 0.833 bits per heavy atom. The van der Waals surface area contributed by atoms with Crippen LogP contribution < -0.4 is 5.32 Å². The van der Waals surface area contributed by atoms with Gasteiger partial charge in [-0.25, -0.2) is 0 Å². The van der Waals surface area contributed by atoms with Crippen molar-refractivity contribution in [2.75, 3.05) is 33.2 Å². The molecule has 1 saturated heterocycles. The standard InChI is InChI=1S/C37H55N3O2/c1-30(38-2)36(41)28-35(33-21-12-5-13-22-33)37(42)40-26-15-23-34(40)29-39(27-24-32-19-9-4-10-20-32)25-14-6-11-18-31-16-7-3-8-17-31/h3-4,7-10,16-17,19-20,30,33-35,38H,5-6,11-15,18,21-29H2,1-2H3/t30-,34-,35-/m0/s1. The summed E-state index contributed by atoms with van der Waals surface area (Å²) in [6, 6.07) is 21.6. The van der Waals surface area contributed by atoms with Crippen LogP contribution in [0.1, 0.15) is 88.7 Å². The number of likely N-dealkylation sites (N-methyl/N-ethyl adjacent to an activating group) is 1. The molecule has 1 aliphatic heterocycles. The van der Waals surface area contributed by atoms with Gasteiger partial charge in [0, 0.05) is 38.0 Å². The number of aryl methyl sites for hydroxylation is 1. The van der Waals surface area contributed by atoms with E-state index < -0.39 is 0 Å². The maximum absolute atomic E-state index is 14.2. The number of benzene rings is 2. The van der Waals surface area contributed by atoms with Crippen LogP contribution in [0.4, 0.5) is 0 Å². The number of carbonyl (C=O) groups is 2. The summed E-state index contributed by atoms with van der Waals surface area (Å²) in [7, 11) is 1.84. The fourth-order valence-electron chi connectivity index (χ4n) is 7.09. The number of nitrogens with zero attached hydrogens (tertiary/aromatic N) is 2. The molecule has 5 heteroatoms. The maximum Gasteiger partial charge on any atom is 0.226 e. The average molecular weight is 574 g/mol. The van der Waals surface area contributed by atoms with Crippen molar-refractivity contribution in [1.29, 1.82) is 0 Å². The summed E-state index contributed by atoms with van der Waals surface area (Å²) in [6.45, 7) is 5.80. The summed E-state index contributed by atoms with van der Waals surface area (Å²) >= 11 is 0. The van der Waals surface area contributed by atoms with Gasteiger partial charge in [-0.1, -0.05) is 86.3 Å². The van der Waals surface area contributed by atoms with Crippen molar-refractivity contribution in [3.05, 3.63) is 71.8 Å². The predicted octanol–water partition coefficient (Wildman–Crippen LogP) is 6.70. The lowest BCUT2D eigenvalue weighted by molar-refractivity contribution is -0.142. The average Bonchev–Trinajstić information content (AvgIpc) is 3.50. The van der Waals surface area contributed by atoms with Gasteiger partial charge in [-0.15, -0.1) is 0 Å². The van der Waals surface area contributed by atoms with Crippen molar-refractivity contribution in [2.24, 2.45) is 11.8 Å². The van der Waals surface area contributed by atoms with Crippen molar-refractivity contribution in [3.63, 3.8) is 0 Å². The Kier molecular flexibility index (Phi) is 13.6. The van der Waals surface area contributed by atoms with Gasteiger partial charge in [0.1, 0.15) is 5.78 Å². The monoisotopic (exact) mass is 573 g/mol. The molecule has 0 aromatic heterocycles. The summed E-state index contributed by atoms with van der Waals surface area (Å²) in [5, 5.41) is 3.10. The molecule has 42 heavy (non-hydrogen) atoms. The van der Waals surface area contributed by atoms with Gasteiger partial charge >= 0.3 is 0 Å². The van der Waals surface area contributed by atoms with E-state index in [0.29, 0.717) is 12.3 Å². The molecule has 5 nitrogen and oxygen atoms in total. The van der Waals surface area contributed by atoms with Gasteiger partial charge in [0.15, 0.2) is 0 Å². The quantitative estimate of drug-likeness (QED) is 0.214. The van der Waals surface area contributed by atoms with Gasteiger partial charge in [0.2, 0.25) is 5.91 Å². The first kappa shape index (κ1) is 32.4. The number of carbonyl (C=O) groups excluding carboxylic acids is 2. The van der Waals surface area contributed by atoms with Crippen LogP contribution in [0.2, 0.25) is 0 Å². The number of unbranched alkanes of at least 4 members (excludes halogenated alkanes) is 2. The minimum absolute atomic E-state index is 0.162. The number of rotatable bonds is 17. The molecule has 4 rings (SSSR count). The summed E-state index contributed by atoms with van der Waals surface area (Å²) in [5.74, 6) is 0.619. The molecule has 1 N–H and O–H groups in total. The molecule has 3 atom stereocenters. The summed E-state index contributed by atoms with van der Waals surface area (Å²) in [5.41, 5.74) is 2.80. The van der Waals surface area contributed by atoms with E-state index in [9.17, 15) is 9.59 Å². The second-order valence-corrected chi connectivity index (χ2v) is 12.8. The predicted molar refractivity (Wildman–Crippen MR) is 174 cm³/mol. The second kappa shape index (κ2) is 17.6. The first-order valence-electron chi connectivity index (χ1n) is 16.9. The first-order valence-corrected chi connectivity index (χ1v) is 16.9. The van der Waals surface area contributed by atoms with Crippen LogP contribution in [0, 0.1) is 11.8 Å². The highest BCUT2D eigenvalue weighted by molar-refractivity contribution is 5.90. The molecule has 0 spiro atoms. The Morgan fingerprint density at radius 3 is 2.17 bits per heavy atom. The highest BCUT2D eigenvalue weighted by Crippen LogP contribution is 2.35. The number of hydrogen-bond donors (Lipinski definition) is 1. The Hall–Kier alpha value is -2.50. The molecule has 0 unspecified atom stereocenters. The van der Waals surface area contributed by atoms with E-state index >= 15 is 0 Å². The topological polar surface area (TPSA) is 52.7 Å². The molecule has 1 aliphatic carbocycles. The lowest BCUT2D eigenvalue weighted by atomic mass is 9.76. The van der Waals surface area contributed by atoms with Gasteiger partial charge in [-0.2, -0.15) is 0 Å². The zero-order valence-electron chi connectivity index (χ0n) is 26.3. The Balaban J connectivity index is 1.38. The van der Waals surface area contributed by atoms with Crippen molar-refractivity contribution in [2.45, 2.75) is 102 Å². The van der Waals surface area contributed by atoms with E-state index in [1.165, 1.54) is 49.7 Å². The number of amides is 1. The minimum atomic E-state index is -0.200. The minimum Gasteiger partial charge on any atom is -0.338 e. The van der Waals surface area contributed by atoms with E-state index in [2.05, 4.69) is 75.8 Å². The third-order valence-electron chi connectivity index (χ3n) is 9.84. The highest BCUT2D eigenvalue weighted by atomic mass is 16.2. The Morgan fingerprint density at radius 2 is 1.50 bits per heavy atom. The van der Waals surface area contributed by atoms with E-state index in [1.54, 1.807) is 0 Å². The molecule has 1 saturated carbocycles. The van der Waals surface area contributed by atoms with Crippen molar-refractivity contribution in [3.8, 4) is 0 Å². The molecular formula is C37H55N3O2. The molecule has 2 aliphatic rings. The van der Waals surface area contributed by atoms with E-state index in [4.69, 9.17) is 0 Å². The third-order valence-corrected chi connectivity index (χ3v) is 9.84. The fraction of sp³-hybridized carbons (Fsp3) is 0.622. The SMILES string of the molecule is CN[C@@H](C)C(=O)C[C@H](C(=O)N1CCC[C@H]1CN(CCCCCc1ccccc1)CCc1ccccc1)C1CCCCC1. The largest absolute Gasteiger partial charge is 0.338 e. The zero-order valence-corrected chi connectivity index (χ0v) is 26.3. The van der Waals surface area contributed by atoms with E-state index in [0.717, 1.165) is 64.7 Å². The van der Waals surface area contributed by atoms with Gasteiger partial charge in [0.05, 0.1) is 6.04 Å². The van der Waals surface area contributed by atoms with Crippen molar-refractivity contribution in [1.82, 2.24) is 15.1 Å². The summed E-state index contributed by atoms with van der Waals surface area (Å²) in [6.07, 6.45) is 14.1. The Labute approximate surface area is 255 Å². The Bertz CT molecular complexity index is 1050. The maximum atomic E-state index is 14.2. The van der Waals surface area contributed by atoms with E-state index in [-0.39, 0.29) is 29.7 Å². The molecule has 1 amide bonds. The van der Waals surface area contributed by atoms with Crippen LogP contribution in [-0.4, -0.2) is 66.8 Å². The van der Waals surface area contributed by atoms with Crippen LogP contribution in [-0.2, 0) is 22.4 Å². The number of likely N-dealkylation sites (tertiary alicyclic amines) is 1. The second-order valence-electron chi connectivity index (χ2n) is 12.8. The van der Waals surface area contributed by atoms with E-state index in [1.807, 2.05) is 14.0 Å². The van der Waals surface area contributed by atoms with Crippen LogP contribution in [0.3, 0.4) is 0 Å². The molecule has 1 heterocycles. The van der Waals surface area contributed by atoms with Crippen molar-refractivity contribution >= 4 is 11.7 Å². The molecule has 0 bridgehead atoms. The van der Waals surface area contributed by atoms with Gasteiger partial charge in [0.25, 0.3) is 0 Å². The van der Waals surface area contributed by atoms with Crippen LogP contribution in [0.5, 0.6) is 0 Å². The van der Waals surface area contributed by atoms with Crippen LogP contribution in [0.25, 0.3) is 0 Å². The molecule has 0 radical (unpaired) electrons. The lowest BCUT2D eigenvalue weighted by Gasteiger charge is -2.36. The molecule has 2 aromatic rings. The number of nitrogens with one attached hydrogen (secondary N) is 1. The molecule has 230 valence electrons. The number of Topliss-reactive ketones (excluding diaryl/α,β-unsaturated/α-hetero) is 1. The van der Waals surface area contributed by atoms with Crippen molar-refractivity contribution < 1.29 is 9.59 Å². The summed E-state index contributed by atoms with van der Waals surface area (Å²) < 4.78 is 0. The first-order chi connectivity index (χ1) is 20.5. The lowest BCUT2D eigenvalue weighted by Crippen LogP contribution is -2.48. The fourth-order valence-corrected chi connectivity index (χ4v) is 7.09. The van der Waals surface area contributed by atoms with Crippen LogP contribution >= 0.6 is 0 Å². The molecular weight excluding hydrogens is 518 g/mol. The van der Waals surface area contributed by atoms with Gasteiger partial charge in [-0.05, 0) is 88.9 Å². The molecule has 2 aromatic carbocycles. The zero-order chi connectivity index (χ0) is 29.6. The van der Waals surface area contributed by atoms with Gasteiger partial charge < -0.3 is 15.1 Å². The highest BCUT2D eigenvalue weighted by Gasteiger charge is 2.39.